The molecule has 0 saturated carbocycles. The maximum atomic E-state index is 12.9. The number of hydrogen-bond acceptors (Lipinski definition) is 4. The van der Waals surface area contributed by atoms with Crippen molar-refractivity contribution in [1.29, 1.82) is 0 Å². The summed E-state index contributed by atoms with van der Waals surface area (Å²) in [5.41, 5.74) is 10.4. The molecule has 0 aliphatic heterocycles. The van der Waals surface area contributed by atoms with Crippen LogP contribution in [0.5, 0.6) is 11.5 Å². The Bertz CT molecular complexity index is 1110. The molecule has 2 unspecified atom stereocenters. The second-order valence-corrected chi connectivity index (χ2v) is 7.59. The van der Waals surface area contributed by atoms with Crippen LogP contribution in [-0.2, 0) is 22.4 Å². The van der Waals surface area contributed by atoms with Crippen molar-refractivity contribution in [1.82, 2.24) is 0 Å². The van der Waals surface area contributed by atoms with Crippen molar-refractivity contribution < 1.29 is 28.9 Å². The first-order valence-electron chi connectivity index (χ1n) is 10.3. The van der Waals surface area contributed by atoms with Crippen molar-refractivity contribution in [2.45, 2.75) is 24.8 Å². The van der Waals surface area contributed by atoms with E-state index >= 15 is 0 Å². The van der Waals surface area contributed by atoms with Crippen LogP contribution in [0.3, 0.4) is 0 Å². The van der Waals surface area contributed by atoms with Crippen LogP contribution < -0.4 is 10.5 Å². The zero-order valence-electron chi connectivity index (χ0n) is 17.7. The maximum Gasteiger partial charge on any atom is 0.328 e. The summed E-state index contributed by atoms with van der Waals surface area (Å²) in [5, 5.41) is 15.6. The predicted molar refractivity (Wildman–Crippen MR) is 122 cm³/mol. The van der Waals surface area contributed by atoms with Crippen LogP contribution in [0, 0.1) is 5.82 Å². The van der Waals surface area contributed by atoms with Crippen LogP contribution in [0.2, 0.25) is 0 Å². The number of carboxylic acid groups (broad SMARTS) is 2. The summed E-state index contributed by atoms with van der Waals surface area (Å²) in [5.74, 6) is -1.05. The van der Waals surface area contributed by atoms with E-state index in [4.69, 9.17) is 20.7 Å². The first-order valence-corrected chi connectivity index (χ1v) is 10.3. The van der Waals surface area contributed by atoms with Gasteiger partial charge in [-0.1, -0.05) is 36.4 Å². The summed E-state index contributed by atoms with van der Waals surface area (Å²) in [4.78, 5) is 19.1. The summed E-state index contributed by atoms with van der Waals surface area (Å²) < 4.78 is 18.7. The summed E-state index contributed by atoms with van der Waals surface area (Å²) in [6, 6.07) is 22.8. The van der Waals surface area contributed by atoms with Gasteiger partial charge in [-0.15, -0.1) is 0 Å². The molecule has 33 heavy (non-hydrogen) atoms. The van der Waals surface area contributed by atoms with Gasteiger partial charge in [-0.25, -0.2) is 14.0 Å². The van der Waals surface area contributed by atoms with Crippen molar-refractivity contribution in [2.24, 2.45) is 5.73 Å². The van der Waals surface area contributed by atoms with Gasteiger partial charge in [0.15, 0.2) is 0 Å². The van der Waals surface area contributed by atoms with E-state index in [1.807, 2.05) is 12.1 Å². The van der Waals surface area contributed by atoms with Gasteiger partial charge in [0, 0.05) is 24.1 Å². The van der Waals surface area contributed by atoms with E-state index in [2.05, 4.69) is 36.4 Å². The minimum absolute atomic E-state index is 0.174. The molecule has 0 amide bonds. The highest BCUT2D eigenvalue weighted by atomic mass is 19.1. The van der Waals surface area contributed by atoms with Crippen molar-refractivity contribution in [3.63, 3.8) is 0 Å². The van der Waals surface area contributed by atoms with Gasteiger partial charge >= 0.3 is 11.9 Å². The van der Waals surface area contributed by atoms with E-state index in [9.17, 15) is 14.0 Å². The lowest BCUT2D eigenvalue weighted by molar-refractivity contribution is -0.134. The quantitative estimate of drug-likeness (QED) is 0.477. The molecule has 3 aromatic carbocycles. The number of nitrogens with two attached hydrogens (primary N) is 1. The molecule has 7 heteroatoms. The number of ether oxygens (including phenoxy) is 1. The number of carbonyl (C=O) groups is 2. The Morgan fingerprint density at radius 1 is 0.909 bits per heavy atom. The molecule has 0 aromatic heterocycles. The van der Waals surface area contributed by atoms with Crippen molar-refractivity contribution >= 4 is 11.9 Å². The summed E-state index contributed by atoms with van der Waals surface area (Å²) >= 11 is 0. The standard InChI is InChI=1S/C22H20FNO.C4H4O4/c23-17-7-11-19(12-8-17)25-18-9-5-15(6-10-18)13-21-20-4-2-1-3-16(20)14-22(21)24;5-3(6)1-2-4(7)8/h1-12,21-22H,13-14,24H2;1-2H,(H,5,6)(H,7,8). The molecule has 4 N–H and O–H groups in total. The second-order valence-electron chi connectivity index (χ2n) is 7.59. The molecule has 2 atom stereocenters. The number of carboxylic acids is 2. The maximum absolute atomic E-state index is 12.9. The van der Waals surface area contributed by atoms with E-state index in [-0.39, 0.29) is 11.9 Å². The van der Waals surface area contributed by atoms with Crippen LogP contribution in [-0.4, -0.2) is 28.2 Å². The first kappa shape index (κ1) is 23.7. The highest BCUT2D eigenvalue weighted by Gasteiger charge is 2.29. The first-order chi connectivity index (χ1) is 15.8. The monoisotopic (exact) mass is 449 g/mol. The largest absolute Gasteiger partial charge is 0.478 e. The SMILES string of the molecule is NC1Cc2ccccc2C1Cc1ccc(Oc2ccc(F)cc2)cc1.O=C(O)C=CC(=O)O. The fraction of sp³-hybridized carbons (Fsp3) is 0.154. The minimum atomic E-state index is -1.26. The van der Waals surface area contributed by atoms with Crippen molar-refractivity contribution in [2.75, 3.05) is 0 Å². The second kappa shape index (κ2) is 11.1. The molecule has 3 aromatic rings. The van der Waals surface area contributed by atoms with Crippen LogP contribution in [0.25, 0.3) is 0 Å². The lowest BCUT2D eigenvalue weighted by atomic mass is 9.91. The molecule has 170 valence electrons. The normalized spacial score (nSPS) is 16.5. The zero-order chi connectivity index (χ0) is 23.8. The number of aliphatic carboxylic acids is 2. The van der Waals surface area contributed by atoms with Crippen LogP contribution in [0.15, 0.2) is 84.9 Å². The fourth-order valence-corrected chi connectivity index (χ4v) is 3.70. The third-order valence-electron chi connectivity index (χ3n) is 5.22. The third kappa shape index (κ3) is 7.02. The van der Waals surface area contributed by atoms with Crippen LogP contribution in [0.4, 0.5) is 4.39 Å². The summed E-state index contributed by atoms with van der Waals surface area (Å²) in [6.45, 7) is 0. The Morgan fingerprint density at radius 3 is 2.03 bits per heavy atom. The van der Waals surface area contributed by atoms with Crippen molar-refractivity contribution in [3.8, 4) is 11.5 Å². The molecule has 0 radical (unpaired) electrons. The Kier molecular flexibility index (Phi) is 7.94. The molecule has 0 fully saturated rings. The highest BCUT2D eigenvalue weighted by Crippen LogP contribution is 2.35. The number of benzene rings is 3. The molecule has 4 rings (SSSR count). The summed E-state index contributed by atoms with van der Waals surface area (Å²) in [7, 11) is 0. The van der Waals surface area contributed by atoms with Gasteiger partial charge in [0.1, 0.15) is 17.3 Å². The Balaban J connectivity index is 0.000000331. The molecular formula is C26H24FNO5. The average molecular weight is 449 g/mol. The Hall–Kier alpha value is -3.97. The molecule has 1 aliphatic rings. The Labute approximate surface area is 190 Å². The van der Waals surface area contributed by atoms with Gasteiger partial charge < -0.3 is 20.7 Å². The highest BCUT2D eigenvalue weighted by molar-refractivity contribution is 5.89. The molecule has 6 nitrogen and oxygen atoms in total. The molecule has 0 bridgehead atoms. The lowest BCUT2D eigenvalue weighted by Gasteiger charge is -2.17. The fourth-order valence-electron chi connectivity index (χ4n) is 3.70. The zero-order valence-corrected chi connectivity index (χ0v) is 17.7. The summed E-state index contributed by atoms with van der Waals surface area (Å²) in [6.07, 6.45) is 2.99. The van der Waals surface area contributed by atoms with E-state index in [1.165, 1.54) is 28.8 Å². The third-order valence-corrected chi connectivity index (χ3v) is 5.22. The van der Waals surface area contributed by atoms with Gasteiger partial charge in [0.2, 0.25) is 0 Å². The number of rotatable bonds is 6. The molecule has 1 aliphatic carbocycles. The molecule has 0 saturated heterocycles. The molecule has 0 heterocycles. The predicted octanol–water partition coefficient (Wildman–Crippen LogP) is 4.54. The average Bonchev–Trinajstić information content (AvgIpc) is 3.11. The minimum Gasteiger partial charge on any atom is -0.478 e. The van der Waals surface area contributed by atoms with E-state index in [0.29, 0.717) is 23.8 Å². The lowest BCUT2D eigenvalue weighted by Crippen LogP contribution is -2.26. The van der Waals surface area contributed by atoms with Gasteiger partial charge in [0.05, 0.1) is 0 Å². The van der Waals surface area contributed by atoms with Crippen LogP contribution in [0.1, 0.15) is 22.6 Å². The number of hydrogen-bond donors (Lipinski definition) is 3. The van der Waals surface area contributed by atoms with E-state index in [0.717, 1.165) is 18.6 Å². The topological polar surface area (TPSA) is 110 Å². The van der Waals surface area contributed by atoms with Crippen LogP contribution >= 0.6 is 0 Å². The van der Waals surface area contributed by atoms with Gasteiger partial charge in [-0.05, 0) is 65.9 Å². The van der Waals surface area contributed by atoms with Crippen molar-refractivity contribution in [3.05, 3.63) is 107 Å². The Morgan fingerprint density at radius 2 is 1.45 bits per heavy atom. The van der Waals surface area contributed by atoms with E-state index in [1.54, 1.807) is 12.1 Å². The van der Waals surface area contributed by atoms with Gasteiger partial charge in [-0.3, -0.25) is 0 Å². The van der Waals surface area contributed by atoms with E-state index < -0.39 is 11.9 Å². The van der Waals surface area contributed by atoms with Gasteiger partial charge in [0.25, 0.3) is 0 Å². The van der Waals surface area contributed by atoms with Gasteiger partial charge in [-0.2, -0.15) is 0 Å². The number of halogens is 1. The smallest absolute Gasteiger partial charge is 0.328 e. The number of fused-ring (bicyclic) bond motifs is 1. The molecule has 0 spiro atoms. The molecular weight excluding hydrogens is 425 g/mol.